The van der Waals surface area contributed by atoms with Crippen LogP contribution in [0.5, 0.6) is 5.75 Å². The fourth-order valence-electron chi connectivity index (χ4n) is 6.48. The van der Waals surface area contributed by atoms with Crippen molar-refractivity contribution >= 4 is 10.9 Å². The van der Waals surface area contributed by atoms with Crippen LogP contribution in [0.15, 0.2) is 18.2 Å². The number of H-pyrrole nitrogens is 1. The number of nitrogens with one attached hydrogen (secondary N) is 1. The first-order chi connectivity index (χ1) is 12.1. The molecule has 2 fully saturated rings. The van der Waals surface area contributed by atoms with E-state index in [-0.39, 0.29) is 0 Å². The number of piperidine rings is 1. The highest BCUT2D eigenvalue weighted by atomic mass is 16.5. The summed E-state index contributed by atoms with van der Waals surface area (Å²) < 4.78 is 5.48. The van der Waals surface area contributed by atoms with Crippen LogP contribution in [0.25, 0.3) is 10.9 Å². The van der Waals surface area contributed by atoms with Crippen molar-refractivity contribution in [2.45, 2.75) is 58.0 Å². The van der Waals surface area contributed by atoms with E-state index in [0.717, 1.165) is 36.0 Å². The second-order valence-electron chi connectivity index (χ2n) is 8.59. The second kappa shape index (κ2) is 5.51. The molecule has 1 aliphatic carbocycles. The average Bonchev–Trinajstić information content (AvgIpc) is 2.94. The van der Waals surface area contributed by atoms with Crippen LogP contribution < -0.4 is 4.74 Å². The maximum absolute atomic E-state index is 5.48. The minimum atomic E-state index is 0.650. The summed E-state index contributed by atoms with van der Waals surface area (Å²) in [4.78, 5) is 6.68. The highest BCUT2D eigenvalue weighted by Crippen LogP contribution is 2.56. The van der Waals surface area contributed by atoms with Gasteiger partial charge in [0.1, 0.15) is 5.75 Å². The lowest BCUT2D eigenvalue weighted by molar-refractivity contribution is -0.114. The van der Waals surface area contributed by atoms with Gasteiger partial charge >= 0.3 is 0 Å². The van der Waals surface area contributed by atoms with Gasteiger partial charge in [0.05, 0.1) is 7.11 Å². The molecule has 0 radical (unpaired) electrons. The molecule has 3 aliphatic rings. The number of fused-ring (bicyclic) bond motifs is 8. The SMILES string of the molecule is CCC1C(C)[C@H]2CC3c4[nH]c5ccc(OC)cc5c4CCN(C3C)C12. The van der Waals surface area contributed by atoms with Crippen molar-refractivity contribution in [1.82, 2.24) is 9.88 Å². The fraction of sp³-hybridized carbons (Fsp3) is 0.636. The highest BCUT2D eigenvalue weighted by Gasteiger charge is 2.55. The van der Waals surface area contributed by atoms with Crippen LogP contribution in [0.1, 0.15) is 50.8 Å². The Hall–Kier alpha value is -1.48. The van der Waals surface area contributed by atoms with Crippen molar-refractivity contribution < 1.29 is 4.74 Å². The summed E-state index contributed by atoms with van der Waals surface area (Å²) in [6, 6.07) is 7.97. The molecule has 0 spiro atoms. The smallest absolute Gasteiger partial charge is 0.119 e. The van der Waals surface area contributed by atoms with E-state index in [1.54, 1.807) is 12.7 Å². The molecule has 6 unspecified atom stereocenters. The minimum Gasteiger partial charge on any atom is -0.497 e. The van der Waals surface area contributed by atoms with E-state index in [9.17, 15) is 0 Å². The van der Waals surface area contributed by atoms with Crippen LogP contribution in [0.4, 0.5) is 0 Å². The lowest BCUT2D eigenvalue weighted by Gasteiger charge is -2.61. The average molecular weight is 338 g/mol. The molecule has 2 aliphatic heterocycles. The molecule has 7 atom stereocenters. The molecule has 25 heavy (non-hydrogen) atoms. The number of methoxy groups -OCH3 is 1. The first-order valence-electron chi connectivity index (χ1n) is 10.1. The number of ether oxygens (including phenoxy) is 1. The maximum atomic E-state index is 5.48. The van der Waals surface area contributed by atoms with E-state index in [2.05, 4.69) is 48.9 Å². The molecule has 2 bridgehead atoms. The molecule has 0 amide bonds. The lowest BCUT2D eigenvalue weighted by atomic mass is 9.54. The Morgan fingerprint density at radius 2 is 2.12 bits per heavy atom. The standard InChI is InChI=1S/C22H30N2O/c1-5-15-12(2)17-11-18-13(3)24(22(15)17)9-8-16-19-10-14(25-4)6-7-20(19)23-21(16)18/h6-7,10,12-13,15,17-18,22-23H,5,8-9,11H2,1-4H3/t12?,13?,15?,17-,18?,22?/m1/s1. The number of rotatable bonds is 2. The third-order valence-corrected chi connectivity index (χ3v) is 7.85. The quantitative estimate of drug-likeness (QED) is 0.869. The van der Waals surface area contributed by atoms with E-state index >= 15 is 0 Å². The zero-order valence-electron chi connectivity index (χ0n) is 15.9. The van der Waals surface area contributed by atoms with Gasteiger partial charge in [0.2, 0.25) is 0 Å². The van der Waals surface area contributed by atoms with Crippen LogP contribution in [0, 0.1) is 17.8 Å². The van der Waals surface area contributed by atoms with Gasteiger partial charge in [-0.15, -0.1) is 0 Å². The fourth-order valence-corrected chi connectivity index (χ4v) is 6.48. The Kier molecular flexibility index (Phi) is 3.47. The van der Waals surface area contributed by atoms with E-state index < -0.39 is 0 Å². The van der Waals surface area contributed by atoms with Crippen molar-refractivity contribution in [3.63, 3.8) is 0 Å². The summed E-state index contributed by atoms with van der Waals surface area (Å²) in [5.41, 5.74) is 4.35. The third-order valence-electron chi connectivity index (χ3n) is 7.85. The van der Waals surface area contributed by atoms with E-state index in [1.165, 1.54) is 36.0 Å². The van der Waals surface area contributed by atoms with Crippen LogP contribution >= 0.6 is 0 Å². The largest absolute Gasteiger partial charge is 0.497 e. The van der Waals surface area contributed by atoms with Gasteiger partial charge in [0.25, 0.3) is 0 Å². The normalized spacial score (nSPS) is 39.3. The summed E-state index contributed by atoms with van der Waals surface area (Å²) in [5.74, 6) is 4.30. The van der Waals surface area contributed by atoms with E-state index in [0.29, 0.717) is 12.0 Å². The van der Waals surface area contributed by atoms with Crippen LogP contribution in [0.3, 0.4) is 0 Å². The summed E-state index contributed by atoms with van der Waals surface area (Å²) in [6.07, 6.45) is 3.86. The first-order valence-corrected chi connectivity index (χ1v) is 10.1. The number of hydrogen-bond donors (Lipinski definition) is 1. The van der Waals surface area contributed by atoms with Crippen LogP contribution in [-0.2, 0) is 6.42 Å². The minimum absolute atomic E-state index is 0.650. The molecule has 134 valence electrons. The van der Waals surface area contributed by atoms with Crippen molar-refractivity contribution in [3.05, 3.63) is 29.5 Å². The highest BCUT2D eigenvalue weighted by molar-refractivity contribution is 5.86. The summed E-state index contributed by atoms with van der Waals surface area (Å²) >= 11 is 0. The van der Waals surface area contributed by atoms with Gasteiger partial charge in [0, 0.05) is 41.1 Å². The molecule has 1 aromatic heterocycles. The molecule has 1 N–H and O–H groups in total. The first kappa shape index (κ1) is 15.7. The van der Waals surface area contributed by atoms with Gasteiger partial charge in [-0.25, -0.2) is 0 Å². The Labute approximate surface area is 150 Å². The van der Waals surface area contributed by atoms with Gasteiger partial charge in [-0.1, -0.05) is 20.3 Å². The van der Waals surface area contributed by atoms with Gasteiger partial charge in [-0.05, 0) is 61.3 Å². The molecule has 1 saturated carbocycles. The molecule has 1 aromatic carbocycles. The Morgan fingerprint density at radius 3 is 2.88 bits per heavy atom. The van der Waals surface area contributed by atoms with Gasteiger partial charge in [-0.2, -0.15) is 0 Å². The summed E-state index contributed by atoms with van der Waals surface area (Å²) in [6.45, 7) is 8.56. The van der Waals surface area contributed by atoms with Gasteiger partial charge < -0.3 is 9.72 Å². The number of aromatic nitrogens is 1. The van der Waals surface area contributed by atoms with Crippen molar-refractivity contribution in [2.75, 3.05) is 13.7 Å². The number of aromatic amines is 1. The predicted octanol–water partition coefficient (Wildman–Crippen LogP) is 4.57. The van der Waals surface area contributed by atoms with Crippen molar-refractivity contribution in [3.8, 4) is 5.75 Å². The van der Waals surface area contributed by atoms with Crippen molar-refractivity contribution in [2.24, 2.45) is 17.8 Å². The Balaban J connectivity index is 1.60. The van der Waals surface area contributed by atoms with Crippen LogP contribution in [-0.4, -0.2) is 35.6 Å². The monoisotopic (exact) mass is 338 g/mol. The molecule has 3 heteroatoms. The number of nitrogens with zero attached hydrogens (tertiary/aromatic N) is 1. The molecule has 5 rings (SSSR count). The predicted molar refractivity (Wildman–Crippen MR) is 102 cm³/mol. The molecule has 2 aromatic rings. The maximum Gasteiger partial charge on any atom is 0.119 e. The topological polar surface area (TPSA) is 28.3 Å². The molecular weight excluding hydrogens is 308 g/mol. The second-order valence-corrected chi connectivity index (χ2v) is 8.59. The zero-order valence-corrected chi connectivity index (χ0v) is 15.9. The molecule has 3 heterocycles. The van der Waals surface area contributed by atoms with E-state index in [4.69, 9.17) is 4.74 Å². The summed E-state index contributed by atoms with van der Waals surface area (Å²) in [5, 5.41) is 1.38. The molecule has 1 saturated heterocycles. The molecular formula is C22H30N2O. The zero-order chi connectivity index (χ0) is 17.3. The number of benzene rings is 1. The third kappa shape index (κ3) is 2.02. The van der Waals surface area contributed by atoms with Gasteiger partial charge in [0.15, 0.2) is 0 Å². The Bertz CT molecular complexity index is 810. The van der Waals surface area contributed by atoms with E-state index in [1.807, 2.05) is 0 Å². The lowest BCUT2D eigenvalue weighted by Crippen LogP contribution is -2.65. The number of hydrogen-bond acceptors (Lipinski definition) is 2. The Morgan fingerprint density at radius 1 is 1.28 bits per heavy atom. The summed E-state index contributed by atoms with van der Waals surface area (Å²) in [7, 11) is 1.76. The van der Waals surface area contributed by atoms with Gasteiger partial charge in [-0.3, -0.25) is 4.90 Å². The van der Waals surface area contributed by atoms with Crippen molar-refractivity contribution in [1.29, 1.82) is 0 Å². The molecule has 3 nitrogen and oxygen atoms in total. The van der Waals surface area contributed by atoms with Crippen LogP contribution in [0.2, 0.25) is 0 Å².